The first-order chi connectivity index (χ1) is 7.78. The molecule has 0 saturated carbocycles. The van der Waals surface area contributed by atoms with Gasteiger partial charge in [-0.25, -0.2) is 4.98 Å². The second-order valence-electron chi connectivity index (χ2n) is 4.45. The highest BCUT2D eigenvalue weighted by Gasteiger charge is 2.18. The first kappa shape index (κ1) is 12.0. The molecule has 1 fully saturated rings. The number of aromatic nitrogens is 1. The predicted molar refractivity (Wildman–Crippen MR) is 68.8 cm³/mol. The molecule has 1 aliphatic rings. The first-order valence-corrected chi connectivity index (χ1v) is 6.96. The molecule has 1 aromatic rings. The van der Waals surface area contributed by atoms with Crippen LogP contribution in [-0.4, -0.2) is 35.6 Å². The van der Waals surface area contributed by atoms with Gasteiger partial charge in [0.1, 0.15) is 0 Å². The molecule has 0 radical (unpaired) electrons. The van der Waals surface area contributed by atoms with Gasteiger partial charge < -0.3 is 5.32 Å². The Morgan fingerprint density at radius 3 is 2.81 bits per heavy atom. The van der Waals surface area contributed by atoms with Crippen LogP contribution >= 0.6 is 11.3 Å². The third kappa shape index (κ3) is 3.27. The number of hydrogen-bond donors (Lipinski definition) is 1. The van der Waals surface area contributed by atoms with E-state index in [0.717, 1.165) is 19.1 Å². The molecule has 90 valence electrons. The third-order valence-corrected chi connectivity index (χ3v) is 4.03. The van der Waals surface area contributed by atoms with Crippen molar-refractivity contribution >= 4 is 11.3 Å². The Morgan fingerprint density at radius 2 is 2.25 bits per heavy atom. The Kier molecular flexibility index (Phi) is 4.32. The molecular formula is C12H21N3S. The largest absolute Gasteiger partial charge is 0.314 e. The minimum absolute atomic E-state index is 0.740. The minimum atomic E-state index is 0.740. The maximum atomic E-state index is 4.31. The quantitative estimate of drug-likeness (QED) is 0.871. The highest BCUT2D eigenvalue weighted by molar-refractivity contribution is 7.11. The predicted octanol–water partition coefficient (Wildman–Crippen LogP) is 2.03. The molecular weight excluding hydrogens is 218 g/mol. The zero-order valence-corrected chi connectivity index (χ0v) is 11.0. The molecule has 1 aliphatic heterocycles. The van der Waals surface area contributed by atoms with Crippen LogP contribution in [0.5, 0.6) is 0 Å². The standard InChI is InChI=1S/C12H21N3S/c1-3-13-11-4-6-15(7-5-11)9-12-8-14-10(2)16-12/h8,11,13H,3-7,9H2,1-2H3. The summed E-state index contributed by atoms with van der Waals surface area (Å²) in [7, 11) is 0. The van der Waals surface area contributed by atoms with Crippen molar-refractivity contribution in [2.45, 2.75) is 39.3 Å². The fourth-order valence-electron chi connectivity index (χ4n) is 2.28. The molecule has 2 heterocycles. The lowest BCUT2D eigenvalue weighted by molar-refractivity contribution is 0.193. The number of hydrogen-bond acceptors (Lipinski definition) is 4. The van der Waals surface area contributed by atoms with E-state index in [9.17, 15) is 0 Å². The molecule has 0 bridgehead atoms. The average molecular weight is 239 g/mol. The number of likely N-dealkylation sites (tertiary alicyclic amines) is 1. The molecule has 1 aromatic heterocycles. The van der Waals surface area contributed by atoms with Gasteiger partial charge in [-0.1, -0.05) is 6.92 Å². The zero-order valence-electron chi connectivity index (χ0n) is 10.2. The SMILES string of the molecule is CCNC1CCN(Cc2cnc(C)s2)CC1. The van der Waals surface area contributed by atoms with Crippen molar-refractivity contribution in [2.24, 2.45) is 0 Å². The summed E-state index contributed by atoms with van der Waals surface area (Å²) in [5.74, 6) is 0. The Hall–Kier alpha value is -0.450. The summed E-state index contributed by atoms with van der Waals surface area (Å²) in [6.07, 6.45) is 4.59. The molecule has 1 saturated heterocycles. The van der Waals surface area contributed by atoms with Crippen LogP contribution in [0.25, 0.3) is 0 Å². The van der Waals surface area contributed by atoms with Gasteiger partial charge >= 0.3 is 0 Å². The summed E-state index contributed by atoms with van der Waals surface area (Å²) in [5, 5.41) is 4.71. The van der Waals surface area contributed by atoms with E-state index in [2.05, 4.69) is 29.0 Å². The van der Waals surface area contributed by atoms with Crippen LogP contribution in [0.1, 0.15) is 29.7 Å². The summed E-state index contributed by atoms with van der Waals surface area (Å²) >= 11 is 1.82. The van der Waals surface area contributed by atoms with E-state index in [0.29, 0.717) is 0 Å². The average Bonchev–Trinajstić information content (AvgIpc) is 2.67. The summed E-state index contributed by atoms with van der Waals surface area (Å²) in [4.78, 5) is 8.25. The summed E-state index contributed by atoms with van der Waals surface area (Å²) in [6, 6.07) is 0.740. The van der Waals surface area contributed by atoms with Crippen LogP contribution in [0.2, 0.25) is 0 Å². The van der Waals surface area contributed by atoms with Crippen molar-refractivity contribution in [1.82, 2.24) is 15.2 Å². The van der Waals surface area contributed by atoms with Gasteiger partial charge in [-0.05, 0) is 26.3 Å². The van der Waals surface area contributed by atoms with Crippen LogP contribution in [-0.2, 0) is 6.54 Å². The minimum Gasteiger partial charge on any atom is -0.314 e. The maximum absolute atomic E-state index is 4.31. The molecule has 4 heteroatoms. The van der Waals surface area contributed by atoms with Gasteiger partial charge in [0.25, 0.3) is 0 Å². The van der Waals surface area contributed by atoms with E-state index < -0.39 is 0 Å². The second-order valence-corrected chi connectivity index (χ2v) is 5.77. The number of aryl methyl sites for hydroxylation is 1. The van der Waals surface area contributed by atoms with Crippen molar-refractivity contribution < 1.29 is 0 Å². The second kappa shape index (κ2) is 5.75. The molecule has 0 unspecified atom stereocenters. The van der Waals surface area contributed by atoms with Gasteiger partial charge in [0.2, 0.25) is 0 Å². The van der Waals surface area contributed by atoms with Crippen LogP contribution in [0.15, 0.2) is 6.20 Å². The fourth-order valence-corrected chi connectivity index (χ4v) is 3.12. The fraction of sp³-hybridized carbons (Fsp3) is 0.750. The zero-order chi connectivity index (χ0) is 11.4. The van der Waals surface area contributed by atoms with Crippen LogP contribution < -0.4 is 5.32 Å². The summed E-state index contributed by atoms with van der Waals surface area (Å²) in [5.41, 5.74) is 0. The molecule has 2 rings (SSSR count). The molecule has 1 N–H and O–H groups in total. The van der Waals surface area contributed by atoms with Crippen molar-refractivity contribution in [1.29, 1.82) is 0 Å². The summed E-state index contributed by atoms with van der Waals surface area (Å²) < 4.78 is 0. The lowest BCUT2D eigenvalue weighted by Gasteiger charge is -2.31. The van der Waals surface area contributed by atoms with E-state index in [1.807, 2.05) is 17.5 Å². The highest BCUT2D eigenvalue weighted by Crippen LogP contribution is 2.17. The lowest BCUT2D eigenvalue weighted by atomic mass is 10.1. The molecule has 0 aromatic carbocycles. The highest BCUT2D eigenvalue weighted by atomic mass is 32.1. The maximum Gasteiger partial charge on any atom is 0.0897 e. The Labute approximate surface area is 102 Å². The molecule has 16 heavy (non-hydrogen) atoms. The van der Waals surface area contributed by atoms with Gasteiger partial charge in [0.05, 0.1) is 5.01 Å². The lowest BCUT2D eigenvalue weighted by Crippen LogP contribution is -2.41. The number of nitrogens with zero attached hydrogens (tertiary/aromatic N) is 2. The van der Waals surface area contributed by atoms with E-state index in [1.165, 1.54) is 35.8 Å². The smallest absolute Gasteiger partial charge is 0.0897 e. The Morgan fingerprint density at radius 1 is 1.50 bits per heavy atom. The van der Waals surface area contributed by atoms with E-state index >= 15 is 0 Å². The monoisotopic (exact) mass is 239 g/mol. The van der Waals surface area contributed by atoms with E-state index in [-0.39, 0.29) is 0 Å². The Balaban J connectivity index is 1.77. The first-order valence-electron chi connectivity index (χ1n) is 6.15. The van der Waals surface area contributed by atoms with Crippen molar-refractivity contribution in [3.63, 3.8) is 0 Å². The molecule has 0 atom stereocenters. The third-order valence-electron chi connectivity index (χ3n) is 3.13. The van der Waals surface area contributed by atoms with Gasteiger partial charge in [-0.15, -0.1) is 11.3 Å². The molecule has 0 spiro atoms. The van der Waals surface area contributed by atoms with Gasteiger partial charge in [-0.3, -0.25) is 4.90 Å². The van der Waals surface area contributed by atoms with Crippen LogP contribution in [0.4, 0.5) is 0 Å². The normalized spacial score (nSPS) is 19.1. The van der Waals surface area contributed by atoms with Gasteiger partial charge in [-0.2, -0.15) is 0 Å². The van der Waals surface area contributed by atoms with Crippen molar-refractivity contribution in [2.75, 3.05) is 19.6 Å². The molecule has 3 nitrogen and oxygen atoms in total. The topological polar surface area (TPSA) is 28.2 Å². The van der Waals surface area contributed by atoms with Crippen LogP contribution in [0.3, 0.4) is 0 Å². The van der Waals surface area contributed by atoms with Crippen molar-refractivity contribution in [3.8, 4) is 0 Å². The Bertz CT molecular complexity index is 316. The number of piperidine rings is 1. The number of thiazole rings is 1. The van der Waals surface area contributed by atoms with Gasteiger partial charge in [0, 0.05) is 36.8 Å². The summed E-state index contributed by atoms with van der Waals surface area (Å²) in [6.45, 7) is 8.88. The van der Waals surface area contributed by atoms with E-state index in [1.54, 1.807) is 0 Å². The molecule has 0 aliphatic carbocycles. The number of rotatable bonds is 4. The van der Waals surface area contributed by atoms with Gasteiger partial charge in [0.15, 0.2) is 0 Å². The van der Waals surface area contributed by atoms with Crippen LogP contribution in [0, 0.1) is 6.92 Å². The van der Waals surface area contributed by atoms with Crippen molar-refractivity contribution in [3.05, 3.63) is 16.1 Å². The molecule has 0 amide bonds. The van der Waals surface area contributed by atoms with E-state index in [4.69, 9.17) is 0 Å². The number of nitrogens with one attached hydrogen (secondary N) is 1.